The molecule has 4 nitrogen and oxygen atoms in total. The molecule has 0 amide bonds. The lowest BCUT2D eigenvalue weighted by molar-refractivity contribution is -0.134. The molecule has 0 bridgehead atoms. The summed E-state index contributed by atoms with van der Waals surface area (Å²) in [6, 6.07) is 9.43. The number of carboxylic acids is 1. The summed E-state index contributed by atoms with van der Waals surface area (Å²) in [5.74, 6) is -0.0310. The molecule has 4 heteroatoms. The normalized spacial score (nSPS) is 8.43. The van der Waals surface area contributed by atoms with Crippen molar-refractivity contribution in [2.24, 2.45) is 0 Å². The van der Waals surface area contributed by atoms with Gasteiger partial charge < -0.3 is 14.9 Å². The van der Waals surface area contributed by atoms with E-state index in [1.54, 1.807) is 0 Å². The minimum atomic E-state index is -0.833. The Morgan fingerprint density at radius 2 is 1.86 bits per heavy atom. The van der Waals surface area contributed by atoms with Crippen molar-refractivity contribution < 1.29 is 19.7 Å². The first-order valence-electron chi connectivity index (χ1n) is 4.15. The third kappa shape index (κ3) is 8.55. The lowest BCUT2D eigenvalue weighted by Crippen LogP contribution is -2.00. The van der Waals surface area contributed by atoms with Gasteiger partial charge in [-0.05, 0) is 12.1 Å². The van der Waals surface area contributed by atoms with Gasteiger partial charge in [0.25, 0.3) is 5.97 Å². The van der Waals surface area contributed by atoms with E-state index in [4.69, 9.17) is 19.7 Å². The van der Waals surface area contributed by atoms with Crippen molar-refractivity contribution in [1.82, 2.24) is 0 Å². The molecular weight excluding hydrogens is 184 g/mol. The number of ether oxygens (including phenoxy) is 1. The number of aliphatic hydroxyl groups excluding tert-OH is 1. The van der Waals surface area contributed by atoms with E-state index in [1.807, 2.05) is 30.3 Å². The summed E-state index contributed by atoms with van der Waals surface area (Å²) in [5.41, 5.74) is 0. The smallest absolute Gasteiger partial charge is 0.300 e. The minimum absolute atomic E-state index is 0.0644. The van der Waals surface area contributed by atoms with Crippen molar-refractivity contribution in [1.29, 1.82) is 0 Å². The van der Waals surface area contributed by atoms with Crippen LogP contribution < -0.4 is 4.74 Å². The lowest BCUT2D eigenvalue weighted by atomic mass is 10.3. The number of rotatable bonds is 3. The van der Waals surface area contributed by atoms with Gasteiger partial charge in [0.05, 0.1) is 6.61 Å². The third-order valence-electron chi connectivity index (χ3n) is 1.10. The number of carboxylic acid groups (broad SMARTS) is 1. The Kier molecular flexibility index (Phi) is 7.17. The Morgan fingerprint density at radius 3 is 2.29 bits per heavy atom. The molecule has 0 atom stereocenters. The summed E-state index contributed by atoms with van der Waals surface area (Å²) in [6.07, 6.45) is 0. The van der Waals surface area contributed by atoms with E-state index in [0.717, 1.165) is 12.7 Å². The van der Waals surface area contributed by atoms with Gasteiger partial charge in [0, 0.05) is 6.92 Å². The second-order valence-electron chi connectivity index (χ2n) is 2.40. The molecule has 0 fully saturated rings. The van der Waals surface area contributed by atoms with E-state index in [-0.39, 0.29) is 6.61 Å². The van der Waals surface area contributed by atoms with Gasteiger partial charge in [-0.25, -0.2) is 0 Å². The van der Waals surface area contributed by atoms with E-state index in [1.165, 1.54) is 0 Å². The van der Waals surface area contributed by atoms with Crippen molar-refractivity contribution >= 4 is 5.97 Å². The molecule has 14 heavy (non-hydrogen) atoms. The van der Waals surface area contributed by atoms with Gasteiger partial charge in [-0.1, -0.05) is 18.2 Å². The zero-order chi connectivity index (χ0) is 10.8. The zero-order valence-corrected chi connectivity index (χ0v) is 8.01. The number of aliphatic carboxylic acids is 1. The SMILES string of the molecule is CC(=O)O.OCCOc1ccccc1. The summed E-state index contributed by atoms with van der Waals surface area (Å²) in [4.78, 5) is 9.00. The largest absolute Gasteiger partial charge is 0.491 e. The Balaban J connectivity index is 0.000000364. The monoisotopic (exact) mass is 198 g/mol. The predicted molar refractivity (Wildman–Crippen MR) is 52.3 cm³/mol. The minimum Gasteiger partial charge on any atom is -0.491 e. The van der Waals surface area contributed by atoms with Gasteiger partial charge in [0.1, 0.15) is 12.4 Å². The molecule has 0 unspecified atom stereocenters. The van der Waals surface area contributed by atoms with Crippen LogP contribution in [0.25, 0.3) is 0 Å². The summed E-state index contributed by atoms with van der Waals surface area (Å²) in [7, 11) is 0. The maximum Gasteiger partial charge on any atom is 0.300 e. The first-order valence-corrected chi connectivity index (χ1v) is 4.15. The number of carbonyl (C=O) groups is 1. The highest BCUT2D eigenvalue weighted by Crippen LogP contribution is 2.06. The van der Waals surface area contributed by atoms with Crippen LogP contribution >= 0.6 is 0 Å². The fourth-order valence-corrected chi connectivity index (χ4v) is 0.680. The summed E-state index contributed by atoms with van der Waals surface area (Å²) < 4.78 is 5.11. The Bertz CT molecular complexity index is 242. The Morgan fingerprint density at radius 1 is 1.36 bits per heavy atom. The van der Waals surface area contributed by atoms with Crippen molar-refractivity contribution in [3.8, 4) is 5.75 Å². The molecule has 2 N–H and O–H groups in total. The van der Waals surface area contributed by atoms with Crippen LogP contribution in [0.5, 0.6) is 5.75 Å². The van der Waals surface area contributed by atoms with Crippen LogP contribution in [-0.4, -0.2) is 29.4 Å². The molecule has 0 spiro atoms. The first kappa shape index (κ1) is 12.4. The number of aliphatic hydroxyl groups is 1. The zero-order valence-electron chi connectivity index (χ0n) is 8.01. The molecule has 1 aromatic carbocycles. The molecule has 0 aromatic heterocycles. The molecule has 0 aliphatic heterocycles. The fourth-order valence-electron chi connectivity index (χ4n) is 0.680. The van der Waals surface area contributed by atoms with Crippen molar-refractivity contribution in [2.75, 3.05) is 13.2 Å². The molecule has 1 aromatic rings. The lowest BCUT2D eigenvalue weighted by Gasteiger charge is -2.01. The molecule has 0 aliphatic rings. The van der Waals surface area contributed by atoms with Crippen molar-refractivity contribution in [2.45, 2.75) is 6.92 Å². The molecule has 1 rings (SSSR count). The van der Waals surface area contributed by atoms with Crippen LogP contribution in [0, 0.1) is 0 Å². The second-order valence-corrected chi connectivity index (χ2v) is 2.40. The van der Waals surface area contributed by atoms with Crippen LogP contribution in [0.3, 0.4) is 0 Å². The average molecular weight is 198 g/mol. The molecule has 0 radical (unpaired) electrons. The standard InChI is InChI=1S/C8H10O2.C2H4O2/c9-6-7-10-8-4-2-1-3-5-8;1-2(3)4/h1-5,9H,6-7H2;1H3,(H,3,4). The third-order valence-corrected chi connectivity index (χ3v) is 1.10. The van der Waals surface area contributed by atoms with Crippen molar-refractivity contribution in [3.63, 3.8) is 0 Å². The number of hydrogen-bond donors (Lipinski definition) is 2. The summed E-state index contributed by atoms with van der Waals surface area (Å²) in [6.45, 7) is 1.51. The summed E-state index contributed by atoms with van der Waals surface area (Å²) in [5, 5.41) is 15.8. The van der Waals surface area contributed by atoms with Gasteiger partial charge in [-0.3, -0.25) is 4.79 Å². The van der Waals surface area contributed by atoms with E-state index in [2.05, 4.69) is 0 Å². The van der Waals surface area contributed by atoms with Gasteiger partial charge in [-0.2, -0.15) is 0 Å². The second kappa shape index (κ2) is 8.07. The van der Waals surface area contributed by atoms with E-state index < -0.39 is 5.97 Å². The highest BCUT2D eigenvalue weighted by atomic mass is 16.5. The number of hydrogen-bond acceptors (Lipinski definition) is 3. The van der Waals surface area contributed by atoms with Gasteiger partial charge in [0.2, 0.25) is 0 Å². The molecule has 0 saturated carbocycles. The first-order chi connectivity index (χ1) is 6.66. The number of para-hydroxylation sites is 1. The van der Waals surface area contributed by atoms with Gasteiger partial charge >= 0.3 is 0 Å². The molecule has 78 valence electrons. The highest BCUT2D eigenvalue weighted by Gasteiger charge is 1.86. The average Bonchev–Trinajstić information content (AvgIpc) is 2.15. The van der Waals surface area contributed by atoms with E-state index in [0.29, 0.717) is 6.61 Å². The maximum absolute atomic E-state index is 9.00. The molecule has 0 heterocycles. The topological polar surface area (TPSA) is 66.8 Å². The van der Waals surface area contributed by atoms with Gasteiger partial charge in [0.15, 0.2) is 0 Å². The quantitative estimate of drug-likeness (QED) is 0.764. The molecular formula is C10H14O4. The van der Waals surface area contributed by atoms with Crippen LogP contribution in [0.2, 0.25) is 0 Å². The Hall–Kier alpha value is -1.55. The van der Waals surface area contributed by atoms with E-state index in [9.17, 15) is 0 Å². The van der Waals surface area contributed by atoms with Crippen LogP contribution in [0.15, 0.2) is 30.3 Å². The van der Waals surface area contributed by atoms with Crippen LogP contribution in [-0.2, 0) is 4.79 Å². The molecule has 0 saturated heterocycles. The highest BCUT2D eigenvalue weighted by molar-refractivity contribution is 5.62. The fraction of sp³-hybridized carbons (Fsp3) is 0.300. The Labute approximate surface area is 82.8 Å². The number of benzene rings is 1. The van der Waals surface area contributed by atoms with Crippen LogP contribution in [0.4, 0.5) is 0 Å². The van der Waals surface area contributed by atoms with Crippen molar-refractivity contribution in [3.05, 3.63) is 30.3 Å². The predicted octanol–water partition coefficient (Wildman–Crippen LogP) is 1.15. The maximum atomic E-state index is 9.00. The summed E-state index contributed by atoms with van der Waals surface area (Å²) >= 11 is 0. The van der Waals surface area contributed by atoms with Crippen LogP contribution in [0.1, 0.15) is 6.92 Å². The molecule has 0 aliphatic carbocycles. The van der Waals surface area contributed by atoms with Gasteiger partial charge in [-0.15, -0.1) is 0 Å². The van der Waals surface area contributed by atoms with E-state index >= 15 is 0 Å².